The molecule has 8 rings (SSSR count). The van der Waals surface area contributed by atoms with Gasteiger partial charge in [0.15, 0.2) is 11.8 Å². The predicted octanol–water partition coefficient (Wildman–Crippen LogP) is 1.47. The Kier molecular flexibility index (Phi) is 7.03. The topological polar surface area (TPSA) is 127 Å². The van der Waals surface area contributed by atoms with Crippen molar-refractivity contribution in [1.82, 2.24) is 15.3 Å². The second-order valence-electron chi connectivity index (χ2n) is 12.7. The van der Waals surface area contributed by atoms with Crippen molar-refractivity contribution in [3.8, 4) is 0 Å². The maximum absolute atomic E-state index is 14.9. The molecule has 1 spiro atoms. The van der Waals surface area contributed by atoms with E-state index >= 15 is 0 Å². The van der Waals surface area contributed by atoms with Crippen molar-refractivity contribution in [1.29, 1.82) is 0 Å². The van der Waals surface area contributed by atoms with Gasteiger partial charge in [0.1, 0.15) is 35.9 Å². The van der Waals surface area contributed by atoms with E-state index in [2.05, 4.69) is 40.0 Å². The maximum atomic E-state index is 14.9. The maximum Gasteiger partial charge on any atom is 0.327 e. The van der Waals surface area contributed by atoms with Gasteiger partial charge in [-0.05, 0) is 64.3 Å². The highest BCUT2D eigenvalue weighted by atomic mass is 127. The summed E-state index contributed by atoms with van der Waals surface area (Å²) in [5.41, 5.74) is 1.90. The number of rotatable bonds is 6. The average molecular weight is 716 g/mol. The van der Waals surface area contributed by atoms with Gasteiger partial charge in [-0.3, -0.25) is 19.2 Å². The SMILES string of the molecule is O=C(NCCO)C1CCCN1C(=O)C12CC3OC(=O)C1N(Cc1cccc(I)c1)OC2C1OC2(Cc4ccccc4C2)OC31. The van der Waals surface area contributed by atoms with Crippen molar-refractivity contribution in [2.45, 2.75) is 80.9 Å². The molecule has 4 heterocycles. The van der Waals surface area contributed by atoms with Crippen LogP contribution in [0.2, 0.25) is 0 Å². The van der Waals surface area contributed by atoms with Crippen LogP contribution < -0.4 is 5.32 Å². The molecule has 5 fully saturated rings. The van der Waals surface area contributed by atoms with Gasteiger partial charge >= 0.3 is 5.97 Å². The Hall–Kier alpha value is -2.62. The van der Waals surface area contributed by atoms with Crippen molar-refractivity contribution in [2.75, 3.05) is 19.7 Å². The number of hydrogen-bond donors (Lipinski definition) is 2. The molecule has 6 aliphatic rings. The number of hydrogen-bond acceptors (Lipinski definition) is 9. The zero-order chi connectivity index (χ0) is 30.2. The normalized spacial score (nSPS) is 34.6. The summed E-state index contributed by atoms with van der Waals surface area (Å²) in [6.07, 6.45) is -0.291. The fourth-order valence-corrected chi connectivity index (χ4v) is 9.01. The molecule has 2 aromatic rings. The van der Waals surface area contributed by atoms with E-state index in [4.69, 9.17) is 19.0 Å². The minimum absolute atomic E-state index is 0.105. The lowest BCUT2D eigenvalue weighted by molar-refractivity contribution is -0.218. The third kappa shape index (κ3) is 4.36. The van der Waals surface area contributed by atoms with Crippen molar-refractivity contribution in [3.63, 3.8) is 0 Å². The highest BCUT2D eigenvalue weighted by Gasteiger charge is 2.77. The molecule has 4 saturated heterocycles. The molecule has 44 heavy (non-hydrogen) atoms. The van der Waals surface area contributed by atoms with Crippen molar-refractivity contribution >= 4 is 40.4 Å². The van der Waals surface area contributed by atoms with E-state index in [1.165, 1.54) is 0 Å². The number of carbonyl (C=O) groups excluding carboxylic acids is 3. The molecule has 2 aliphatic carbocycles. The van der Waals surface area contributed by atoms with Crippen LogP contribution in [0.25, 0.3) is 0 Å². The fourth-order valence-electron chi connectivity index (χ4n) is 8.40. The largest absolute Gasteiger partial charge is 0.458 e. The number of carbonyl (C=O) groups is 3. The molecular formula is C32H34IN3O8. The molecule has 232 valence electrons. The summed E-state index contributed by atoms with van der Waals surface area (Å²) in [7, 11) is 0. The van der Waals surface area contributed by atoms with Gasteiger partial charge in [-0.1, -0.05) is 36.4 Å². The lowest BCUT2D eigenvalue weighted by Crippen LogP contribution is -2.70. The number of ether oxygens (including phenoxy) is 3. The number of halogens is 1. The minimum Gasteiger partial charge on any atom is -0.458 e. The number of nitrogens with zero attached hydrogens (tertiary/aromatic N) is 2. The second kappa shape index (κ2) is 10.7. The third-order valence-electron chi connectivity index (χ3n) is 10.1. The number of amides is 2. The Labute approximate surface area is 268 Å². The van der Waals surface area contributed by atoms with E-state index in [1.54, 1.807) is 9.96 Å². The summed E-state index contributed by atoms with van der Waals surface area (Å²) >= 11 is 2.24. The molecule has 2 N–H and O–H groups in total. The van der Waals surface area contributed by atoms with Crippen LogP contribution in [0.15, 0.2) is 48.5 Å². The van der Waals surface area contributed by atoms with Gasteiger partial charge in [0.05, 0.1) is 13.2 Å². The number of nitrogens with one attached hydrogen (secondary N) is 1. The van der Waals surface area contributed by atoms with Gasteiger partial charge in [0.2, 0.25) is 11.8 Å². The number of likely N-dealkylation sites (tertiary alicyclic amines) is 1. The smallest absolute Gasteiger partial charge is 0.327 e. The molecule has 7 atom stereocenters. The summed E-state index contributed by atoms with van der Waals surface area (Å²) < 4.78 is 20.7. The van der Waals surface area contributed by atoms with Crippen molar-refractivity contribution in [3.05, 3.63) is 68.8 Å². The average Bonchev–Trinajstić information content (AvgIpc) is 3.78. The summed E-state index contributed by atoms with van der Waals surface area (Å²) in [4.78, 5) is 50.3. The van der Waals surface area contributed by atoms with Gasteiger partial charge in [0, 0.05) is 35.9 Å². The van der Waals surface area contributed by atoms with Crippen LogP contribution in [0.5, 0.6) is 0 Å². The molecule has 4 aliphatic heterocycles. The molecule has 11 nitrogen and oxygen atoms in total. The number of aliphatic hydroxyl groups is 1. The summed E-state index contributed by atoms with van der Waals surface area (Å²) in [6, 6.07) is 14.3. The molecule has 2 bridgehead atoms. The van der Waals surface area contributed by atoms with E-state index in [0.717, 1.165) is 20.3 Å². The third-order valence-corrected chi connectivity index (χ3v) is 10.8. The number of hydroxylamine groups is 2. The van der Waals surface area contributed by atoms with E-state index in [0.29, 0.717) is 32.2 Å². The Balaban J connectivity index is 1.18. The first-order chi connectivity index (χ1) is 21.3. The minimum atomic E-state index is -1.33. The van der Waals surface area contributed by atoms with E-state index in [1.807, 2.05) is 36.4 Å². The number of esters is 1. The summed E-state index contributed by atoms with van der Waals surface area (Å²) in [5, 5.41) is 13.6. The Morgan fingerprint density at radius 1 is 1.07 bits per heavy atom. The zero-order valence-electron chi connectivity index (χ0n) is 24.0. The quantitative estimate of drug-likeness (QED) is 0.338. The Morgan fingerprint density at radius 2 is 1.84 bits per heavy atom. The molecular weight excluding hydrogens is 681 g/mol. The molecule has 1 saturated carbocycles. The molecule has 7 unspecified atom stereocenters. The lowest BCUT2D eigenvalue weighted by atomic mass is 9.62. The Bertz CT molecular complexity index is 1500. The fraction of sp³-hybridized carbons (Fsp3) is 0.531. The lowest BCUT2D eigenvalue weighted by Gasteiger charge is -2.50. The number of aliphatic hydroxyl groups excluding tert-OH is 1. The van der Waals surface area contributed by atoms with Gasteiger partial charge in [-0.25, -0.2) is 0 Å². The molecule has 12 heteroatoms. The van der Waals surface area contributed by atoms with Crippen LogP contribution in [0.4, 0.5) is 0 Å². The summed E-state index contributed by atoms with van der Waals surface area (Å²) in [6.45, 7) is 0.566. The second-order valence-corrected chi connectivity index (χ2v) is 14.0. The van der Waals surface area contributed by atoms with Gasteiger partial charge in [0.25, 0.3) is 0 Å². The first kappa shape index (κ1) is 28.8. The van der Waals surface area contributed by atoms with Crippen LogP contribution in [-0.2, 0) is 52.8 Å². The highest BCUT2D eigenvalue weighted by Crippen LogP contribution is 2.59. The molecule has 0 radical (unpaired) electrons. The van der Waals surface area contributed by atoms with Gasteiger partial charge in [-0.2, -0.15) is 5.06 Å². The van der Waals surface area contributed by atoms with Crippen LogP contribution in [0.3, 0.4) is 0 Å². The van der Waals surface area contributed by atoms with Gasteiger partial charge in [-0.15, -0.1) is 0 Å². The summed E-state index contributed by atoms with van der Waals surface area (Å²) in [5.74, 6) is -2.06. The number of fused-ring (bicyclic) bond motifs is 5. The first-order valence-electron chi connectivity index (χ1n) is 15.3. The predicted molar refractivity (Wildman–Crippen MR) is 161 cm³/mol. The first-order valence-corrected chi connectivity index (χ1v) is 16.4. The Morgan fingerprint density at radius 3 is 2.59 bits per heavy atom. The number of benzene rings is 2. The molecule has 2 amide bonds. The van der Waals surface area contributed by atoms with E-state index < -0.39 is 53.7 Å². The molecule has 0 aromatic heterocycles. The van der Waals surface area contributed by atoms with Crippen LogP contribution in [0.1, 0.15) is 36.0 Å². The molecule has 2 aromatic carbocycles. The van der Waals surface area contributed by atoms with Crippen molar-refractivity contribution in [2.24, 2.45) is 5.41 Å². The van der Waals surface area contributed by atoms with Crippen LogP contribution in [-0.4, -0.2) is 94.8 Å². The highest BCUT2D eigenvalue weighted by molar-refractivity contribution is 14.1. The van der Waals surface area contributed by atoms with E-state index in [9.17, 15) is 19.5 Å². The zero-order valence-corrected chi connectivity index (χ0v) is 26.2. The van der Waals surface area contributed by atoms with Crippen molar-refractivity contribution < 1.29 is 38.5 Å². The van der Waals surface area contributed by atoms with Gasteiger partial charge < -0.3 is 29.5 Å². The van der Waals surface area contributed by atoms with Crippen LogP contribution in [0, 0.1) is 8.99 Å². The standard InChI is InChI=1S/C32H34IN3O8/c33-21-8-3-5-18(13-21)17-36-26-29(39)41-23-16-32(26,30(40)35-11-4-9-22(35)28(38)34-10-12-37)27(44-36)25-24(23)42-31(43-25)14-19-6-1-2-7-20(19)15-31/h1-3,5-8,13,22-27,37H,4,9-12,14-17H2,(H,34,38). The van der Waals surface area contributed by atoms with E-state index in [-0.39, 0.29) is 37.9 Å². The van der Waals surface area contributed by atoms with Crippen LogP contribution >= 0.6 is 22.6 Å². The monoisotopic (exact) mass is 715 g/mol.